The summed E-state index contributed by atoms with van der Waals surface area (Å²) in [6.07, 6.45) is 6.69. The van der Waals surface area contributed by atoms with Crippen molar-refractivity contribution < 1.29 is 19.4 Å². The third kappa shape index (κ3) is 5.14. The minimum absolute atomic E-state index is 0.0301. The van der Waals surface area contributed by atoms with Crippen LogP contribution in [0.2, 0.25) is 0 Å². The van der Waals surface area contributed by atoms with Gasteiger partial charge < -0.3 is 9.84 Å². The number of unbranched alkanes of at least 4 members (excludes halogenated alkanes) is 2. The Morgan fingerprint density at radius 1 is 1.56 bits per heavy atom. The minimum atomic E-state index is -0.403. The third-order valence-electron chi connectivity index (χ3n) is 2.70. The molecule has 0 amide bonds. The van der Waals surface area contributed by atoms with Crippen LogP contribution in [0.3, 0.4) is 0 Å². The highest BCUT2D eigenvalue weighted by Gasteiger charge is 2.24. The molecule has 0 aromatic heterocycles. The van der Waals surface area contributed by atoms with Crippen molar-refractivity contribution in [3.63, 3.8) is 0 Å². The maximum Gasteiger partial charge on any atom is 0.293 e. The number of ketones is 1. The van der Waals surface area contributed by atoms with Gasteiger partial charge in [0.15, 0.2) is 5.78 Å². The summed E-state index contributed by atoms with van der Waals surface area (Å²) < 4.78 is 5.71. The molecule has 1 N–H and O–H groups in total. The second-order valence-corrected chi connectivity index (χ2v) is 5.16. The quantitative estimate of drug-likeness (QED) is 0.551. The SMILES string of the molecule is O=CO[C@H]1C=C(C/C(Br)=C/CCCCO)C(=O)C1. The summed E-state index contributed by atoms with van der Waals surface area (Å²) in [7, 11) is 0. The predicted octanol–water partition coefficient (Wildman–Crippen LogP) is 2.26. The molecule has 0 aromatic rings. The molecule has 5 heteroatoms. The van der Waals surface area contributed by atoms with Crippen molar-refractivity contribution in [1.82, 2.24) is 0 Å². The van der Waals surface area contributed by atoms with E-state index in [1.165, 1.54) is 0 Å². The molecule has 18 heavy (non-hydrogen) atoms. The average Bonchev–Trinajstić information content (AvgIpc) is 2.66. The van der Waals surface area contributed by atoms with E-state index in [1.54, 1.807) is 6.08 Å². The molecule has 0 saturated heterocycles. The van der Waals surface area contributed by atoms with E-state index in [1.807, 2.05) is 6.08 Å². The number of hydrogen-bond acceptors (Lipinski definition) is 4. The first-order valence-corrected chi connectivity index (χ1v) is 6.75. The molecule has 0 spiro atoms. The van der Waals surface area contributed by atoms with Crippen molar-refractivity contribution in [2.45, 2.75) is 38.2 Å². The molecule has 0 bridgehead atoms. The number of rotatable bonds is 8. The van der Waals surface area contributed by atoms with Gasteiger partial charge in [0.2, 0.25) is 0 Å². The number of carbonyl (C=O) groups is 2. The first-order chi connectivity index (χ1) is 8.67. The lowest BCUT2D eigenvalue weighted by molar-refractivity contribution is -0.132. The monoisotopic (exact) mass is 316 g/mol. The molecule has 0 aliphatic heterocycles. The number of carbonyl (C=O) groups excluding carboxylic acids is 2. The first kappa shape index (κ1) is 15.1. The predicted molar refractivity (Wildman–Crippen MR) is 71.2 cm³/mol. The smallest absolute Gasteiger partial charge is 0.293 e. The summed E-state index contributed by atoms with van der Waals surface area (Å²) in [5.41, 5.74) is 0.687. The molecule has 0 radical (unpaired) electrons. The summed E-state index contributed by atoms with van der Waals surface area (Å²) in [6.45, 7) is 0.580. The van der Waals surface area contributed by atoms with Gasteiger partial charge >= 0.3 is 0 Å². The molecule has 1 aliphatic rings. The Bertz CT molecular complexity index is 360. The summed E-state index contributed by atoms with van der Waals surface area (Å²) in [5.74, 6) is 0.0301. The standard InChI is InChI=1S/C13H17BrO4/c14-11(4-2-1-3-5-15)6-10-7-12(18-9-16)8-13(10)17/h4,7,9,12,15H,1-3,5-6,8H2/b11-4-/t12-/m0/s1. The molecule has 0 aromatic carbocycles. The highest BCUT2D eigenvalue weighted by atomic mass is 79.9. The maximum atomic E-state index is 11.6. The molecular formula is C13H17BrO4. The van der Waals surface area contributed by atoms with E-state index in [-0.39, 0.29) is 18.8 Å². The van der Waals surface area contributed by atoms with Gasteiger partial charge in [-0.15, -0.1) is 0 Å². The lowest BCUT2D eigenvalue weighted by Crippen LogP contribution is -2.07. The molecule has 1 atom stereocenters. The largest absolute Gasteiger partial charge is 0.460 e. The van der Waals surface area contributed by atoms with Crippen LogP contribution in [-0.4, -0.2) is 30.1 Å². The van der Waals surface area contributed by atoms with Crippen LogP contribution in [0.25, 0.3) is 0 Å². The Labute approximate surface area is 115 Å². The van der Waals surface area contributed by atoms with Gasteiger partial charge in [-0.25, -0.2) is 0 Å². The fraction of sp³-hybridized carbons (Fsp3) is 0.538. The van der Waals surface area contributed by atoms with Crippen molar-refractivity contribution in [3.8, 4) is 0 Å². The van der Waals surface area contributed by atoms with Crippen LogP contribution in [0.1, 0.15) is 32.1 Å². The van der Waals surface area contributed by atoms with Gasteiger partial charge in [-0.3, -0.25) is 9.59 Å². The average molecular weight is 317 g/mol. The zero-order valence-electron chi connectivity index (χ0n) is 10.1. The Morgan fingerprint density at radius 2 is 2.33 bits per heavy atom. The summed E-state index contributed by atoms with van der Waals surface area (Å²) in [5, 5.41) is 8.65. The summed E-state index contributed by atoms with van der Waals surface area (Å²) >= 11 is 3.42. The highest BCUT2D eigenvalue weighted by Crippen LogP contribution is 2.26. The van der Waals surface area contributed by atoms with Gasteiger partial charge in [0.1, 0.15) is 6.10 Å². The maximum absolute atomic E-state index is 11.6. The van der Waals surface area contributed by atoms with E-state index in [2.05, 4.69) is 15.9 Å². The lowest BCUT2D eigenvalue weighted by Gasteiger charge is -2.00. The van der Waals surface area contributed by atoms with Crippen molar-refractivity contribution in [2.24, 2.45) is 0 Å². The van der Waals surface area contributed by atoms with Crippen molar-refractivity contribution in [3.05, 3.63) is 22.2 Å². The van der Waals surface area contributed by atoms with E-state index in [0.717, 1.165) is 23.7 Å². The highest BCUT2D eigenvalue weighted by molar-refractivity contribution is 9.11. The van der Waals surface area contributed by atoms with E-state index < -0.39 is 6.10 Å². The molecule has 0 heterocycles. The van der Waals surface area contributed by atoms with Gasteiger partial charge in [-0.05, 0) is 35.4 Å². The second kappa shape index (κ2) is 8.21. The number of Topliss-reactive ketones (excluding diaryl/α,β-unsaturated/α-hetero) is 1. The normalized spacial score (nSPS) is 19.9. The number of allylic oxidation sites excluding steroid dienone is 3. The molecule has 100 valence electrons. The lowest BCUT2D eigenvalue weighted by atomic mass is 10.1. The molecular weight excluding hydrogens is 300 g/mol. The van der Waals surface area contributed by atoms with Gasteiger partial charge in [0.05, 0.1) is 6.42 Å². The van der Waals surface area contributed by atoms with Crippen molar-refractivity contribution in [1.29, 1.82) is 0 Å². The zero-order valence-corrected chi connectivity index (χ0v) is 11.7. The fourth-order valence-corrected chi connectivity index (χ4v) is 2.31. The Kier molecular flexibility index (Phi) is 6.90. The fourth-order valence-electron chi connectivity index (χ4n) is 1.78. The van der Waals surface area contributed by atoms with Crippen molar-refractivity contribution in [2.75, 3.05) is 6.61 Å². The van der Waals surface area contributed by atoms with Gasteiger partial charge in [0, 0.05) is 13.0 Å². The molecule has 0 saturated carbocycles. The van der Waals surface area contributed by atoms with Crippen LogP contribution in [0.5, 0.6) is 0 Å². The van der Waals surface area contributed by atoms with Crippen LogP contribution < -0.4 is 0 Å². The molecule has 0 fully saturated rings. The number of hydrogen-bond donors (Lipinski definition) is 1. The molecule has 1 aliphatic carbocycles. The number of halogens is 1. The third-order valence-corrected chi connectivity index (χ3v) is 3.30. The van der Waals surface area contributed by atoms with Crippen LogP contribution in [0.15, 0.2) is 22.2 Å². The number of aliphatic hydroxyl groups is 1. The van der Waals surface area contributed by atoms with E-state index in [4.69, 9.17) is 9.84 Å². The van der Waals surface area contributed by atoms with E-state index in [0.29, 0.717) is 18.5 Å². The zero-order chi connectivity index (χ0) is 13.4. The molecule has 4 nitrogen and oxygen atoms in total. The summed E-state index contributed by atoms with van der Waals surface area (Å²) in [4.78, 5) is 21.8. The van der Waals surface area contributed by atoms with Gasteiger partial charge in [-0.1, -0.05) is 22.0 Å². The Balaban J connectivity index is 2.43. The van der Waals surface area contributed by atoms with Gasteiger partial charge in [0.25, 0.3) is 6.47 Å². The van der Waals surface area contributed by atoms with Crippen LogP contribution in [0.4, 0.5) is 0 Å². The summed E-state index contributed by atoms with van der Waals surface area (Å²) in [6, 6.07) is 0. The van der Waals surface area contributed by atoms with Gasteiger partial charge in [-0.2, -0.15) is 0 Å². The topological polar surface area (TPSA) is 63.6 Å². The first-order valence-electron chi connectivity index (χ1n) is 5.95. The number of aliphatic hydroxyl groups excluding tert-OH is 1. The van der Waals surface area contributed by atoms with Crippen LogP contribution in [0, 0.1) is 0 Å². The number of ether oxygens (including phenoxy) is 1. The Morgan fingerprint density at radius 3 is 3.00 bits per heavy atom. The van der Waals surface area contributed by atoms with Crippen molar-refractivity contribution >= 4 is 28.2 Å². The van der Waals surface area contributed by atoms with E-state index in [9.17, 15) is 9.59 Å². The minimum Gasteiger partial charge on any atom is -0.460 e. The van der Waals surface area contributed by atoms with Crippen LogP contribution >= 0.6 is 15.9 Å². The molecule has 0 unspecified atom stereocenters. The second-order valence-electron chi connectivity index (χ2n) is 4.14. The Hall–Kier alpha value is -0.940. The van der Waals surface area contributed by atoms with E-state index >= 15 is 0 Å². The van der Waals surface area contributed by atoms with Crippen LogP contribution in [-0.2, 0) is 14.3 Å². The molecule has 1 rings (SSSR count).